The van der Waals surface area contributed by atoms with Crippen molar-refractivity contribution in [2.45, 2.75) is 51.9 Å². The molecule has 0 radical (unpaired) electrons. The molecule has 0 saturated heterocycles. The molecule has 0 amide bonds. The van der Waals surface area contributed by atoms with E-state index in [1.165, 1.54) is 22.4 Å². The fraction of sp³-hybridized carbons (Fsp3) is 0.333. The normalized spacial score (nSPS) is 16.5. The smallest absolute Gasteiger partial charge is 0.170 e. The van der Waals surface area contributed by atoms with Gasteiger partial charge in [-0.3, -0.25) is 4.79 Å². The van der Waals surface area contributed by atoms with E-state index in [1.807, 2.05) is 16.8 Å². The van der Waals surface area contributed by atoms with Gasteiger partial charge >= 0.3 is 0 Å². The van der Waals surface area contributed by atoms with E-state index in [0.717, 1.165) is 54.7 Å². The third-order valence-corrected chi connectivity index (χ3v) is 6.01. The van der Waals surface area contributed by atoms with Crippen molar-refractivity contribution in [3.05, 3.63) is 81.1 Å². The van der Waals surface area contributed by atoms with Gasteiger partial charge in [0.05, 0.1) is 11.4 Å². The molecule has 1 atom stereocenters. The van der Waals surface area contributed by atoms with E-state index >= 15 is 0 Å². The minimum Gasteiger partial charge on any atom is -0.296 e. The molecular weight excluding hydrogens is 368 g/mol. The van der Waals surface area contributed by atoms with Crippen LogP contribution >= 0.6 is 11.6 Å². The first-order valence-electron chi connectivity index (χ1n) is 9.96. The van der Waals surface area contributed by atoms with E-state index in [4.69, 9.17) is 16.7 Å². The Hall–Kier alpha value is -2.39. The minimum absolute atomic E-state index is 0.334. The van der Waals surface area contributed by atoms with Gasteiger partial charge in [-0.25, -0.2) is 4.68 Å². The number of halogens is 1. The molecule has 28 heavy (non-hydrogen) atoms. The maximum absolute atomic E-state index is 11.8. The molecule has 1 unspecified atom stereocenters. The monoisotopic (exact) mass is 392 g/mol. The second-order valence-corrected chi connectivity index (χ2v) is 8.28. The average molecular weight is 393 g/mol. The number of rotatable bonds is 4. The van der Waals surface area contributed by atoms with E-state index in [1.54, 1.807) is 0 Å². The zero-order valence-corrected chi connectivity index (χ0v) is 17.2. The lowest BCUT2D eigenvalue weighted by atomic mass is 9.91. The maximum atomic E-state index is 11.8. The van der Waals surface area contributed by atoms with Crippen LogP contribution in [0.4, 0.5) is 0 Å². The highest BCUT2D eigenvalue weighted by atomic mass is 35.5. The number of hydrogen-bond donors (Lipinski definition) is 0. The van der Waals surface area contributed by atoms with Crippen molar-refractivity contribution < 1.29 is 4.79 Å². The molecule has 0 fully saturated rings. The fourth-order valence-electron chi connectivity index (χ4n) is 4.41. The summed E-state index contributed by atoms with van der Waals surface area (Å²) in [5.74, 6) is 0.334. The van der Waals surface area contributed by atoms with Gasteiger partial charge in [0.25, 0.3) is 0 Å². The van der Waals surface area contributed by atoms with E-state index in [9.17, 15) is 4.79 Å². The summed E-state index contributed by atoms with van der Waals surface area (Å²) < 4.78 is 2.04. The summed E-state index contributed by atoms with van der Waals surface area (Å²) in [6, 6.07) is 14.5. The topological polar surface area (TPSA) is 34.9 Å². The van der Waals surface area contributed by atoms with Gasteiger partial charge in [-0.2, -0.15) is 5.10 Å². The van der Waals surface area contributed by atoms with E-state index < -0.39 is 0 Å². The first-order valence-corrected chi connectivity index (χ1v) is 10.3. The molecule has 1 aromatic heterocycles. The van der Waals surface area contributed by atoms with Gasteiger partial charge in [-0.15, -0.1) is 0 Å². The number of aldehydes is 1. The van der Waals surface area contributed by atoms with Gasteiger partial charge in [-0.1, -0.05) is 47.9 Å². The molecule has 4 rings (SSSR count). The van der Waals surface area contributed by atoms with Crippen molar-refractivity contribution in [1.29, 1.82) is 0 Å². The molecule has 0 saturated carbocycles. The molecule has 2 aromatic carbocycles. The molecule has 1 aliphatic carbocycles. The quantitative estimate of drug-likeness (QED) is 0.402. The van der Waals surface area contributed by atoms with Gasteiger partial charge in [-0.05, 0) is 68.9 Å². The number of aryl methyl sites for hydroxylation is 2. The molecule has 0 N–H and O–H groups in total. The SMILES string of the molecule is Cc1ccc(-n2nc(C=O)c3c2C(Cc2ccc(Cl)cc2)CCCC3)c(C)c1. The molecule has 0 spiro atoms. The minimum atomic E-state index is 0.334. The molecule has 144 valence electrons. The first kappa shape index (κ1) is 18.9. The number of carbonyl (C=O) groups is 1. The van der Waals surface area contributed by atoms with Crippen molar-refractivity contribution in [1.82, 2.24) is 9.78 Å². The highest BCUT2D eigenvalue weighted by Gasteiger charge is 2.28. The Morgan fingerprint density at radius 2 is 1.93 bits per heavy atom. The lowest BCUT2D eigenvalue weighted by Crippen LogP contribution is -2.12. The number of aromatic nitrogens is 2. The van der Waals surface area contributed by atoms with Gasteiger partial charge in [0.1, 0.15) is 5.69 Å². The van der Waals surface area contributed by atoms with E-state index in [2.05, 4.69) is 44.2 Å². The fourth-order valence-corrected chi connectivity index (χ4v) is 4.54. The van der Waals surface area contributed by atoms with Gasteiger partial charge in [0.15, 0.2) is 6.29 Å². The number of carbonyl (C=O) groups excluding carboxylic acids is 1. The van der Waals surface area contributed by atoms with Crippen molar-refractivity contribution in [3.63, 3.8) is 0 Å². The number of fused-ring (bicyclic) bond motifs is 1. The van der Waals surface area contributed by atoms with Crippen LogP contribution in [0.3, 0.4) is 0 Å². The number of benzene rings is 2. The predicted molar refractivity (Wildman–Crippen MR) is 114 cm³/mol. The van der Waals surface area contributed by atoms with E-state index in [0.29, 0.717) is 11.6 Å². The second kappa shape index (κ2) is 7.92. The van der Waals surface area contributed by atoms with Crippen molar-refractivity contribution >= 4 is 17.9 Å². The molecule has 0 bridgehead atoms. The standard InChI is InChI=1S/C24H25ClN2O/c1-16-7-12-23(17(2)13-16)27-24-19(14-18-8-10-20(25)11-9-18)5-3-4-6-21(24)22(15-28)26-27/h7-13,15,19H,3-6,14H2,1-2H3. The molecule has 0 aliphatic heterocycles. The third kappa shape index (κ3) is 3.64. The van der Waals surface area contributed by atoms with Crippen LogP contribution in [0.2, 0.25) is 5.02 Å². The molecule has 3 nitrogen and oxygen atoms in total. The molecule has 4 heteroatoms. The Morgan fingerprint density at radius 3 is 2.64 bits per heavy atom. The summed E-state index contributed by atoms with van der Waals surface area (Å²) in [5, 5.41) is 5.50. The summed E-state index contributed by atoms with van der Waals surface area (Å²) in [7, 11) is 0. The summed E-state index contributed by atoms with van der Waals surface area (Å²) in [5.41, 5.74) is 7.68. The summed E-state index contributed by atoms with van der Waals surface area (Å²) in [6.07, 6.45) is 6.14. The highest BCUT2D eigenvalue weighted by molar-refractivity contribution is 6.30. The third-order valence-electron chi connectivity index (χ3n) is 5.76. The van der Waals surface area contributed by atoms with Crippen LogP contribution in [0.1, 0.15) is 63.6 Å². The van der Waals surface area contributed by atoms with Gasteiger partial charge in [0.2, 0.25) is 0 Å². The largest absolute Gasteiger partial charge is 0.296 e. The van der Waals surface area contributed by atoms with Gasteiger partial charge in [0, 0.05) is 16.5 Å². The van der Waals surface area contributed by atoms with Crippen molar-refractivity contribution in [2.24, 2.45) is 0 Å². The summed E-state index contributed by atoms with van der Waals surface area (Å²) in [4.78, 5) is 11.8. The molecule has 3 aromatic rings. The lowest BCUT2D eigenvalue weighted by Gasteiger charge is -2.20. The summed E-state index contributed by atoms with van der Waals surface area (Å²) in [6.45, 7) is 4.21. The van der Waals surface area contributed by atoms with Crippen molar-refractivity contribution in [2.75, 3.05) is 0 Å². The Balaban J connectivity index is 1.83. The van der Waals surface area contributed by atoms with Crippen LogP contribution in [0.15, 0.2) is 42.5 Å². The van der Waals surface area contributed by atoms with Crippen LogP contribution in [0.25, 0.3) is 5.69 Å². The van der Waals surface area contributed by atoms with Crippen LogP contribution in [-0.2, 0) is 12.8 Å². The molecular formula is C24H25ClN2O. The maximum Gasteiger partial charge on any atom is 0.170 e. The van der Waals surface area contributed by atoms with Crippen LogP contribution in [0.5, 0.6) is 0 Å². The Bertz CT molecular complexity index is 1000. The van der Waals surface area contributed by atoms with Gasteiger partial charge < -0.3 is 0 Å². The van der Waals surface area contributed by atoms with Crippen LogP contribution < -0.4 is 0 Å². The second-order valence-electron chi connectivity index (χ2n) is 7.84. The Kier molecular flexibility index (Phi) is 5.36. The lowest BCUT2D eigenvalue weighted by molar-refractivity contribution is 0.111. The molecule has 1 aliphatic rings. The summed E-state index contributed by atoms with van der Waals surface area (Å²) >= 11 is 6.07. The Labute approximate surface area is 171 Å². The first-order chi connectivity index (χ1) is 13.6. The van der Waals surface area contributed by atoms with Crippen molar-refractivity contribution in [3.8, 4) is 5.69 Å². The van der Waals surface area contributed by atoms with Crippen LogP contribution in [-0.4, -0.2) is 16.1 Å². The molecule has 1 heterocycles. The zero-order valence-electron chi connectivity index (χ0n) is 16.4. The van der Waals surface area contributed by atoms with Crippen LogP contribution in [0, 0.1) is 13.8 Å². The number of nitrogens with zero attached hydrogens (tertiary/aromatic N) is 2. The zero-order chi connectivity index (χ0) is 19.7. The van der Waals surface area contributed by atoms with E-state index in [-0.39, 0.29) is 0 Å². The number of hydrogen-bond acceptors (Lipinski definition) is 2. The Morgan fingerprint density at radius 1 is 1.14 bits per heavy atom. The average Bonchev–Trinajstić information content (AvgIpc) is 2.91. The highest BCUT2D eigenvalue weighted by Crippen LogP contribution is 2.36. The predicted octanol–water partition coefficient (Wildman–Crippen LogP) is 6.01.